The molecule has 0 fully saturated rings. The number of amides is 1. The van der Waals surface area contributed by atoms with Gasteiger partial charge in [-0.2, -0.15) is 0 Å². The Balaban J connectivity index is 0.00000108. The maximum atomic E-state index is 12.0. The molecule has 0 saturated heterocycles. The van der Waals surface area contributed by atoms with Crippen LogP contribution in [0.3, 0.4) is 0 Å². The molecule has 1 aromatic carbocycles. The van der Waals surface area contributed by atoms with Crippen LogP contribution in [-0.2, 0) is 4.79 Å². The fourth-order valence-electron chi connectivity index (χ4n) is 1.86. The Morgan fingerprint density at radius 3 is 2.35 bits per heavy atom. The first kappa shape index (κ1) is 20.7. The first-order chi connectivity index (χ1) is 10.8. The Morgan fingerprint density at radius 2 is 1.87 bits per heavy atom. The van der Waals surface area contributed by atoms with E-state index in [0.29, 0.717) is 23.5 Å². The van der Waals surface area contributed by atoms with Crippen LogP contribution in [0.15, 0.2) is 18.2 Å². The number of carboxylic acids is 1. The van der Waals surface area contributed by atoms with Gasteiger partial charge in [0.05, 0.1) is 12.7 Å². The monoisotopic (exact) mass is 325 g/mol. The third-order valence-electron chi connectivity index (χ3n) is 3.08. The fraction of sp³-hybridized carbons (Fsp3) is 0.500. The van der Waals surface area contributed by atoms with E-state index in [9.17, 15) is 4.79 Å². The minimum Gasteiger partial charge on any atom is -0.496 e. The number of carbonyl (C=O) groups is 2. The van der Waals surface area contributed by atoms with Gasteiger partial charge in [0, 0.05) is 31.8 Å². The van der Waals surface area contributed by atoms with E-state index < -0.39 is 5.97 Å². The van der Waals surface area contributed by atoms with Gasteiger partial charge in [-0.3, -0.25) is 9.59 Å². The highest BCUT2D eigenvalue weighted by Crippen LogP contribution is 2.21. The van der Waals surface area contributed by atoms with Crippen molar-refractivity contribution in [2.45, 2.75) is 20.8 Å². The Kier molecular flexibility index (Phi) is 10.2. The van der Waals surface area contributed by atoms with Gasteiger partial charge in [0.25, 0.3) is 11.9 Å². The molecule has 0 aromatic heterocycles. The number of hydrogen-bond donors (Lipinski definition) is 3. The van der Waals surface area contributed by atoms with E-state index in [1.807, 2.05) is 0 Å². The summed E-state index contributed by atoms with van der Waals surface area (Å²) < 4.78 is 5.17. The van der Waals surface area contributed by atoms with E-state index >= 15 is 0 Å². The Bertz CT molecular complexity index is 498. The van der Waals surface area contributed by atoms with Crippen molar-refractivity contribution in [1.82, 2.24) is 10.2 Å². The summed E-state index contributed by atoms with van der Waals surface area (Å²) in [7, 11) is 1.53. The molecule has 0 aliphatic rings. The summed E-state index contributed by atoms with van der Waals surface area (Å²) in [5.41, 5.74) is 6.75. The van der Waals surface area contributed by atoms with Crippen LogP contribution in [0.25, 0.3) is 0 Å². The zero-order valence-corrected chi connectivity index (χ0v) is 14.3. The van der Waals surface area contributed by atoms with Crippen molar-refractivity contribution in [3.63, 3.8) is 0 Å². The highest BCUT2D eigenvalue weighted by Gasteiger charge is 2.12. The van der Waals surface area contributed by atoms with Crippen LogP contribution in [0.1, 0.15) is 31.1 Å². The molecule has 23 heavy (non-hydrogen) atoms. The second kappa shape index (κ2) is 11.3. The van der Waals surface area contributed by atoms with Crippen molar-refractivity contribution >= 4 is 17.6 Å². The zero-order valence-electron chi connectivity index (χ0n) is 14.3. The van der Waals surface area contributed by atoms with Gasteiger partial charge in [0.15, 0.2) is 0 Å². The highest BCUT2D eigenvalue weighted by atomic mass is 16.5. The summed E-state index contributed by atoms with van der Waals surface area (Å²) >= 11 is 0. The van der Waals surface area contributed by atoms with Crippen LogP contribution in [-0.4, -0.2) is 55.2 Å². The number of rotatable bonds is 7. The van der Waals surface area contributed by atoms with Crippen LogP contribution in [0.5, 0.6) is 5.75 Å². The average Bonchev–Trinajstić information content (AvgIpc) is 2.50. The number of nitrogens with one attached hydrogen (secondary N) is 1. The molecule has 0 saturated carbocycles. The van der Waals surface area contributed by atoms with Crippen molar-refractivity contribution in [2.24, 2.45) is 0 Å². The summed E-state index contributed by atoms with van der Waals surface area (Å²) in [5, 5.41) is 10.3. The molecule has 7 nitrogen and oxygen atoms in total. The quantitative estimate of drug-likeness (QED) is 0.655. The number of anilines is 1. The number of ether oxygens (including phenoxy) is 1. The molecule has 0 unspecified atom stereocenters. The van der Waals surface area contributed by atoms with Crippen LogP contribution < -0.4 is 15.8 Å². The van der Waals surface area contributed by atoms with E-state index in [4.69, 9.17) is 20.4 Å². The molecule has 4 N–H and O–H groups in total. The summed E-state index contributed by atoms with van der Waals surface area (Å²) in [6, 6.07) is 5.03. The second-order valence-electron chi connectivity index (χ2n) is 4.76. The fourth-order valence-corrected chi connectivity index (χ4v) is 1.86. The highest BCUT2D eigenvalue weighted by molar-refractivity contribution is 5.97. The Labute approximate surface area is 137 Å². The number of nitrogens with zero attached hydrogens (tertiary/aromatic N) is 1. The number of carbonyl (C=O) groups excluding carboxylic acids is 1. The van der Waals surface area contributed by atoms with Gasteiger partial charge in [0.2, 0.25) is 0 Å². The molecule has 1 amide bonds. The largest absolute Gasteiger partial charge is 0.496 e. The molecule has 7 heteroatoms. The van der Waals surface area contributed by atoms with Gasteiger partial charge >= 0.3 is 0 Å². The Morgan fingerprint density at radius 1 is 1.30 bits per heavy atom. The molecule has 1 rings (SSSR count). The predicted octanol–water partition coefficient (Wildman–Crippen LogP) is 1.44. The minimum absolute atomic E-state index is 0.135. The third-order valence-corrected chi connectivity index (χ3v) is 3.08. The van der Waals surface area contributed by atoms with Gasteiger partial charge in [-0.25, -0.2) is 0 Å². The Hall–Kier alpha value is -2.28. The van der Waals surface area contributed by atoms with E-state index in [0.717, 1.165) is 26.6 Å². The van der Waals surface area contributed by atoms with E-state index in [1.54, 1.807) is 18.2 Å². The van der Waals surface area contributed by atoms with Crippen LogP contribution in [0.4, 0.5) is 5.69 Å². The maximum absolute atomic E-state index is 12.0. The van der Waals surface area contributed by atoms with Crippen molar-refractivity contribution in [3.05, 3.63) is 23.8 Å². The molecule has 0 aliphatic carbocycles. The lowest BCUT2D eigenvalue weighted by molar-refractivity contribution is -0.134. The van der Waals surface area contributed by atoms with Crippen molar-refractivity contribution in [1.29, 1.82) is 0 Å². The van der Waals surface area contributed by atoms with Gasteiger partial charge < -0.3 is 25.8 Å². The molecule has 1 aromatic rings. The average molecular weight is 325 g/mol. The van der Waals surface area contributed by atoms with Gasteiger partial charge in [-0.1, -0.05) is 13.8 Å². The lowest BCUT2D eigenvalue weighted by Crippen LogP contribution is -2.34. The van der Waals surface area contributed by atoms with Gasteiger partial charge in [-0.05, 0) is 25.2 Å². The summed E-state index contributed by atoms with van der Waals surface area (Å²) in [6.45, 7) is 8.72. The van der Waals surface area contributed by atoms with E-state index in [-0.39, 0.29) is 5.91 Å². The SMILES string of the molecule is CC(=O)O.CCN(CC)CCNC(=O)c1ccc(N)cc1OC. The minimum atomic E-state index is -0.833. The smallest absolute Gasteiger partial charge is 0.300 e. The van der Waals surface area contributed by atoms with Crippen molar-refractivity contribution < 1.29 is 19.4 Å². The lowest BCUT2D eigenvalue weighted by Gasteiger charge is -2.18. The topological polar surface area (TPSA) is 105 Å². The van der Waals surface area contributed by atoms with Crippen LogP contribution in [0.2, 0.25) is 0 Å². The van der Waals surface area contributed by atoms with E-state index in [2.05, 4.69) is 24.1 Å². The van der Waals surface area contributed by atoms with Crippen LogP contribution in [0, 0.1) is 0 Å². The van der Waals surface area contributed by atoms with Crippen molar-refractivity contribution in [2.75, 3.05) is 39.0 Å². The molecule has 0 spiro atoms. The molecule has 0 radical (unpaired) electrons. The number of methoxy groups -OCH3 is 1. The van der Waals surface area contributed by atoms with Gasteiger partial charge in [0.1, 0.15) is 5.75 Å². The van der Waals surface area contributed by atoms with Crippen molar-refractivity contribution in [3.8, 4) is 5.75 Å². The number of benzene rings is 1. The maximum Gasteiger partial charge on any atom is 0.300 e. The molecule has 130 valence electrons. The number of nitrogens with two attached hydrogens (primary N) is 1. The number of hydrogen-bond acceptors (Lipinski definition) is 5. The molecular weight excluding hydrogens is 298 g/mol. The zero-order chi connectivity index (χ0) is 17.8. The van der Waals surface area contributed by atoms with E-state index in [1.165, 1.54) is 7.11 Å². The number of carboxylic acid groups (broad SMARTS) is 1. The first-order valence-electron chi connectivity index (χ1n) is 7.49. The number of nitrogen functional groups attached to an aromatic ring is 1. The first-order valence-corrected chi connectivity index (χ1v) is 7.49. The van der Waals surface area contributed by atoms with Crippen LogP contribution >= 0.6 is 0 Å². The summed E-state index contributed by atoms with van der Waals surface area (Å²) in [6.07, 6.45) is 0. The molecule has 0 atom stereocenters. The van der Waals surface area contributed by atoms with Gasteiger partial charge in [-0.15, -0.1) is 0 Å². The second-order valence-corrected chi connectivity index (χ2v) is 4.76. The normalized spacial score (nSPS) is 9.78. The summed E-state index contributed by atoms with van der Waals surface area (Å²) in [4.78, 5) is 23.3. The lowest BCUT2D eigenvalue weighted by atomic mass is 10.1. The summed E-state index contributed by atoms with van der Waals surface area (Å²) in [5.74, 6) is -0.468. The molecule has 0 bridgehead atoms. The molecule has 0 heterocycles. The predicted molar refractivity (Wildman–Crippen MR) is 90.8 cm³/mol. The third kappa shape index (κ3) is 8.67. The molecule has 0 aliphatic heterocycles. The number of aliphatic carboxylic acids is 1. The molecular formula is C16H27N3O4. The number of likely N-dealkylation sites (N-methyl/N-ethyl adjacent to an activating group) is 1. The standard InChI is InChI=1S/C14H23N3O2.C2H4O2/c1-4-17(5-2)9-8-16-14(18)12-7-6-11(15)10-13(12)19-3;1-2(3)4/h6-7,10H,4-5,8-9,15H2,1-3H3,(H,16,18);1H3,(H,3,4).